The first-order valence-electron chi connectivity index (χ1n) is 9.54. The number of thioether (sulfide) groups is 2. The number of aromatic nitrogens is 4. The molecule has 1 aromatic carbocycles. The molecule has 0 aliphatic carbocycles. The van der Waals surface area contributed by atoms with Gasteiger partial charge in [-0.25, -0.2) is 0 Å². The lowest BCUT2D eigenvalue weighted by Gasteiger charge is -2.28. The highest BCUT2D eigenvalue weighted by atomic mass is 35.5. The standard InChI is InChI=1S/C21H25N5S2.2ClH/c1-16-19(14-28-21-24-23-15-25(21)2)22-9-7-20(16)27-12-11-26-10-8-17-5-3-4-6-18(17)13-26;;/h3-7,9,15H,8,10-14H2,1-2H3;2*1H. The Morgan fingerprint density at radius 3 is 2.63 bits per heavy atom. The molecular formula is C21H27Cl2N5S2. The highest BCUT2D eigenvalue weighted by molar-refractivity contribution is 7.99. The predicted molar refractivity (Wildman–Crippen MR) is 130 cm³/mol. The molecule has 0 radical (unpaired) electrons. The van der Waals surface area contributed by atoms with E-state index < -0.39 is 0 Å². The van der Waals surface area contributed by atoms with E-state index in [1.807, 2.05) is 29.6 Å². The molecule has 4 rings (SSSR count). The summed E-state index contributed by atoms with van der Waals surface area (Å²) in [7, 11) is 1.97. The minimum absolute atomic E-state index is 0. The lowest BCUT2D eigenvalue weighted by Crippen LogP contribution is -2.32. The molecular weight excluding hydrogens is 457 g/mol. The van der Waals surface area contributed by atoms with Crippen LogP contribution in [-0.2, 0) is 25.8 Å². The van der Waals surface area contributed by atoms with E-state index in [4.69, 9.17) is 0 Å². The molecule has 0 atom stereocenters. The van der Waals surface area contributed by atoms with E-state index >= 15 is 0 Å². The fourth-order valence-electron chi connectivity index (χ4n) is 3.43. The second-order valence-electron chi connectivity index (χ2n) is 7.04. The van der Waals surface area contributed by atoms with Crippen molar-refractivity contribution in [3.05, 3.63) is 65.2 Å². The summed E-state index contributed by atoms with van der Waals surface area (Å²) in [6.07, 6.45) is 4.82. The Morgan fingerprint density at radius 1 is 1.07 bits per heavy atom. The molecule has 30 heavy (non-hydrogen) atoms. The van der Waals surface area contributed by atoms with Gasteiger partial charge in [-0.1, -0.05) is 36.0 Å². The van der Waals surface area contributed by atoms with Gasteiger partial charge in [0.15, 0.2) is 5.16 Å². The van der Waals surface area contributed by atoms with Crippen LogP contribution < -0.4 is 0 Å². The molecule has 0 saturated heterocycles. The fraction of sp³-hybridized carbons (Fsp3) is 0.381. The molecule has 0 amide bonds. The van der Waals surface area contributed by atoms with E-state index in [0.29, 0.717) is 0 Å². The van der Waals surface area contributed by atoms with Gasteiger partial charge in [-0.2, -0.15) is 0 Å². The van der Waals surface area contributed by atoms with Gasteiger partial charge in [0.2, 0.25) is 0 Å². The van der Waals surface area contributed by atoms with Crippen LogP contribution in [0.3, 0.4) is 0 Å². The molecule has 1 aliphatic rings. The lowest BCUT2D eigenvalue weighted by atomic mass is 10.0. The van der Waals surface area contributed by atoms with Crippen LogP contribution in [-0.4, -0.2) is 43.5 Å². The summed E-state index contributed by atoms with van der Waals surface area (Å²) in [5.41, 5.74) is 5.42. The largest absolute Gasteiger partial charge is 0.312 e. The Hall–Kier alpha value is -1.25. The van der Waals surface area contributed by atoms with Crippen LogP contribution in [0, 0.1) is 6.92 Å². The molecule has 162 valence electrons. The van der Waals surface area contributed by atoms with Crippen molar-refractivity contribution in [1.29, 1.82) is 0 Å². The minimum Gasteiger partial charge on any atom is -0.312 e. The van der Waals surface area contributed by atoms with Gasteiger partial charge >= 0.3 is 0 Å². The third-order valence-corrected chi connectivity index (χ3v) is 7.33. The van der Waals surface area contributed by atoms with Crippen LogP contribution >= 0.6 is 48.3 Å². The smallest absolute Gasteiger partial charge is 0.191 e. The van der Waals surface area contributed by atoms with Crippen molar-refractivity contribution >= 4 is 48.3 Å². The third kappa shape index (κ3) is 6.14. The molecule has 0 spiro atoms. The molecule has 0 fully saturated rings. The van der Waals surface area contributed by atoms with Gasteiger partial charge < -0.3 is 4.57 Å². The van der Waals surface area contributed by atoms with E-state index in [9.17, 15) is 0 Å². The molecule has 1 aliphatic heterocycles. The summed E-state index contributed by atoms with van der Waals surface area (Å²) in [6, 6.07) is 11.0. The molecule has 3 heterocycles. The molecule has 5 nitrogen and oxygen atoms in total. The molecule has 3 aromatic rings. The molecule has 2 aromatic heterocycles. The second-order valence-corrected chi connectivity index (χ2v) is 9.12. The maximum atomic E-state index is 4.59. The Morgan fingerprint density at radius 2 is 1.87 bits per heavy atom. The lowest BCUT2D eigenvalue weighted by molar-refractivity contribution is 0.270. The quantitative estimate of drug-likeness (QED) is 0.449. The number of nitrogens with zero attached hydrogens (tertiary/aromatic N) is 5. The maximum absolute atomic E-state index is 4.59. The van der Waals surface area contributed by atoms with Gasteiger partial charge in [-0.05, 0) is 36.1 Å². The zero-order valence-electron chi connectivity index (χ0n) is 17.2. The zero-order chi connectivity index (χ0) is 19.3. The summed E-state index contributed by atoms with van der Waals surface area (Å²) < 4.78 is 1.94. The van der Waals surface area contributed by atoms with Crippen LogP contribution in [0.4, 0.5) is 0 Å². The summed E-state index contributed by atoms with van der Waals surface area (Å²) in [5.74, 6) is 1.92. The summed E-state index contributed by atoms with van der Waals surface area (Å²) >= 11 is 3.62. The van der Waals surface area contributed by atoms with Crippen LogP contribution in [0.1, 0.15) is 22.4 Å². The van der Waals surface area contributed by atoms with Gasteiger partial charge in [0, 0.05) is 49.3 Å². The summed E-state index contributed by atoms with van der Waals surface area (Å²) in [4.78, 5) is 8.49. The van der Waals surface area contributed by atoms with Crippen LogP contribution in [0.15, 0.2) is 52.9 Å². The van der Waals surface area contributed by atoms with Gasteiger partial charge in [0.05, 0.1) is 5.69 Å². The minimum atomic E-state index is 0. The monoisotopic (exact) mass is 483 g/mol. The number of fused-ring (bicyclic) bond motifs is 1. The number of hydrogen-bond acceptors (Lipinski definition) is 6. The average Bonchev–Trinajstić information content (AvgIpc) is 3.13. The van der Waals surface area contributed by atoms with Crippen molar-refractivity contribution in [3.63, 3.8) is 0 Å². The predicted octanol–water partition coefficient (Wildman–Crippen LogP) is 4.80. The first-order chi connectivity index (χ1) is 13.7. The number of halogens is 2. The zero-order valence-corrected chi connectivity index (χ0v) is 20.4. The van der Waals surface area contributed by atoms with Gasteiger partial charge in [-0.3, -0.25) is 9.88 Å². The van der Waals surface area contributed by atoms with E-state index in [2.05, 4.69) is 57.3 Å². The number of aryl methyl sites for hydroxylation is 1. The Balaban J connectivity index is 0.00000160. The van der Waals surface area contributed by atoms with Crippen LogP contribution in [0.5, 0.6) is 0 Å². The van der Waals surface area contributed by atoms with E-state index in [0.717, 1.165) is 42.0 Å². The number of pyridine rings is 1. The number of rotatable bonds is 7. The molecule has 0 N–H and O–H groups in total. The van der Waals surface area contributed by atoms with E-state index in [1.165, 1.54) is 28.0 Å². The van der Waals surface area contributed by atoms with Gasteiger partial charge in [0.25, 0.3) is 0 Å². The van der Waals surface area contributed by atoms with Crippen molar-refractivity contribution in [2.45, 2.75) is 35.7 Å². The van der Waals surface area contributed by atoms with Crippen LogP contribution in [0.25, 0.3) is 0 Å². The van der Waals surface area contributed by atoms with Crippen molar-refractivity contribution < 1.29 is 0 Å². The topological polar surface area (TPSA) is 46.8 Å². The van der Waals surface area contributed by atoms with Crippen molar-refractivity contribution in [1.82, 2.24) is 24.6 Å². The van der Waals surface area contributed by atoms with Gasteiger partial charge in [-0.15, -0.1) is 46.8 Å². The fourth-order valence-corrected chi connectivity index (χ4v) is 5.40. The SMILES string of the molecule is Cc1c(SCCN2CCc3ccccc3C2)ccnc1CSc1nncn1C.Cl.Cl. The summed E-state index contributed by atoms with van der Waals surface area (Å²) in [6.45, 7) is 5.53. The Kier molecular flexibility index (Phi) is 9.97. The van der Waals surface area contributed by atoms with E-state index in [-0.39, 0.29) is 24.8 Å². The normalized spacial score (nSPS) is 13.3. The molecule has 0 unspecified atom stereocenters. The third-order valence-electron chi connectivity index (χ3n) is 5.14. The first-order valence-corrected chi connectivity index (χ1v) is 11.5. The number of benzene rings is 1. The van der Waals surface area contributed by atoms with E-state index in [1.54, 1.807) is 18.1 Å². The molecule has 0 bridgehead atoms. The van der Waals surface area contributed by atoms with Crippen molar-refractivity contribution in [2.75, 3.05) is 18.8 Å². The van der Waals surface area contributed by atoms with Crippen LogP contribution in [0.2, 0.25) is 0 Å². The average molecular weight is 485 g/mol. The maximum Gasteiger partial charge on any atom is 0.191 e. The molecule has 0 saturated carbocycles. The van der Waals surface area contributed by atoms with Gasteiger partial charge in [0.1, 0.15) is 6.33 Å². The Bertz CT molecular complexity index is 951. The van der Waals surface area contributed by atoms with Crippen molar-refractivity contribution in [2.24, 2.45) is 7.05 Å². The summed E-state index contributed by atoms with van der Waals surface area (Å²) in [5, 5.41) is 8.99. The second kappa shape index (κ2) is 12.0. The number of hydrogen-bond donors (Lipinski definition) is 0. The highest BCUT2D eigenvalue weighted by Gasteiger charge is 2.15. The molecule has 9 heteroatoms. The Labute approximate surface area is 199 Å². The highest BCUT2D eigenvalue weighted by Crippen LogP contribution is 2.28. The van der Waals surface area contributed by atoms with Crippen molar-refractivity contribution in [3.8, 4) is 0 Å². The first kappa shape index (κ1) is 25.0.